The standard InChI is InChI=1S/C20H23N5O2/c1-3-5-17-23-16-6-4-10-21-19(16)25(17)15-9-11-24(13-15)20(26)14-7-8-18(27-2)22-12-14/h4,6-8,10,12,15H,3,5,9,11,13H2,1-2H3/t15-/m0/s1. The lowest BCUT2D eigenvalue weighted by molar-refractivity contribution is 0.0787. The number of rotatable bonds is 5. The smallest absolute Gasteiger partial charge is 0.255 e. The van der Waals surface area contributed by atoms with Crippen molar-refractivity contribution >= 4 is 17.1 Å². The van der Waals surface area contributed by atoms with E-state index in [2.05, 4.69) is 21.5 Å². The highest BCUT2D eigenvalue weighted by atomic mass is 16.5. The predicted octanol–water partition coefficient (Wildman–Crippen LogP) is 2.87. The van der Waals surface area contributed by atoms with Crippen LogP contribution >= 0.6 is 0 Å². The molecule has 1 saturated heterocycles. The summed E-state index contributed by atoms with van der Waals surface area (Å²) in [5.74, 6) is 1.56. The highest BCUT2D eigenvalue weighted by Crippen LogP contribution is 2.28. The van der Waals surface area contributed by atoms with E-state index in [1.54, 1.807) is 31.6 Å². The van der Waals surface area contributed by atoms with Gasteiger partial charge >= 0.3 is 0 Å². The Labute approximate surface area is 158 Å². The zero-order chi connectivity index (χ0) is 18.8. The topological polar surface area (TPSA) is 73.1 Å². The molecule has 1 amide bonds. The molecule has 7 nitrogen and oxygen atoms in total. The maximum Gasteiger partial charge on any atom is 0.255 e. The van der Waals surface area contributed by atoms with Gasteiger partial charge in [0.1, 0.15) is 11.3 Å². The van der Waals surface area contributed by atoms with E-state index >= 15 is 0 Å². The maximum absolute atomic E-state index is 12.8. The number of amides is 1. The van der Waals surface area contributed by atoms with Gasteiger partial charge in [0.15, 0.2) is 5.65 Å². The molecule has 0 unspecified atom stereocenters. The number of nitrogens with zero attached hydrogens (tertiary/aromatic N) is 5. The average Bonchev–Trinajstić information content (AvgIpc) is 3.32. The van der Waals surface area contributed by atoms with Crippen molar-refractivity contribution in [1.29, 1.82) is 0 Å². The van der Waals surface area contributed by atoms with Crippen LogP contribution in [0.3, 0.4) is 0 Å². The minimum Gasteiger partial charge on any atom is -0.481 e. The van der Waals surface area contributed by atoms with Gasteiger partial charge in [-0.2, -0.15) is 0 Å². The molecule has 0 spiro atoms. The number of hydrogen-bond acceptors (Lipinski definition) is 5. The van der Waals surface area contributed by atoms with Crippen molar-refractivity contribution in [2.45, 2.75) is 32.2 Å². The van der Waals surface area contributed by atoms with Gasteiger partial charge in [-0.05, 0) is 31.0 Å². The Bertz CT molecular complexity index is 951. The van der Waals surface area contributed by atoms with Gasteiger partial charge in [0.05, 0.1) is 18.7 Å². The summed E-state index contributed by atoms with van der Waals surface area (Å²) in [5, 5.41) is 0. The Hall–Kier alpha value is -2.96. The fraction of sp³-hybridized carbons (Fsp3) is 0.400. The Morgan fingerprint density at radius 1 is 1.30 bits per heavy atom. The van der Waals surface area contributed by atoms with Crippen molar-refractivity contribution in [1.82, 2.24) is 24.4 Å². The Morgan fingerprint density at radius 3 is 2.93 bits per heavy atom. The number of imidazole rings is 1. The number of ether oxygens (including phenoxy) is 1. The van der Waals surface area contributed by atoms with Gasteiger partial charge in [0, 0.05) is 38.0 Å². The summed E-state index contributed by atoms with van der Waals surface area (Å²) >= 11 is 0. The number of carbonyl (C=O) groups excluding carboxylic acids is 1. The zero-order valence-corrected chi connectivity index (χ0v) is 15.6. The molecule has 1 atom stereocenters. The van der Waals surface area contributed by atoms with Crippen LogP contribution in [0.15, 0.2) is 36.7 Å². The first-order valence-electron chi connectivity index (χ1n) is 9.32. The summed E-state index contributed by atoms with van der Waals surface area (Å²) < 4.78 is 7.30. The van der Waals surface area contributed by atoms with Crippen LogP contribution in [0.4, 0.5) is 0 Å². The number of pyridine rings is 2. The second kappa shape index (κ2) is 7.34. The molecule has 0 bridgehead atoms. The lowest BCUT2D eigenvalue weighted by atomic mass is 10.2. The van der Waals surface area contributed by atoms with Crippen LogP contribution in [-0.4, -0.2) is 50.5 Å². The van der Waals surface area contributed by atoms with Gasteiger partial charge < -0.3 is 14.2 Å². The first-order chi connectivity index (χ1) is 13.2. The highest BCUT2D eigenvalue weighted by molar-refractivity contribution is 5.94. The summed E-state index contributed by atoms with van der Waals surface area (Å²) in [4.78, 5) is 28.2. The fourth-order valence-corrected chi connectivity index (χ4v) is 3.71. The molecule has 0 saturated carbocycles. The molecule has 4 heterocycles. The molecule has 3 aromatic rings. The van der Waals surface area contributed by atoms with Crippen LogP contribution in [0.25, 0.3) is 11.2 Å². The molecule has 1 aliphatic rings. The van der Waals surface area contributed by atoms with Gasteiger partial charge in [0.2, 0.25) is 5.88 Å². The largest absolute Gasteiger partial charge is 0.481 e. The van der Waals surface area contributed by atoms with Crippen LogP contribution in [0.1, 0.15) is 42.0 Å². The van der Waals surface area contributed by atoms with Crippen LogP contribution in [0.5, 0.6) is 5.88 Å². The molecule has 0 radical (unpaired) electrons. The monoisotopic (exact) mass is 365 g/mol. The molecule has 7 heteroatoms. The molecule has 0 aromatic carbocycles. The summed E-state index contributed by atoms with van der Waals surface area (Å²) in [5.41, 5.74) is 2.41. The van der Waals surface area contributed by atoms with Gasteiger partial charge in [-0.3, -0.25) is 4.79 Å². The summed E-state index contributed by atoms with van der Waals surface area (Å²) in [6, 6.07) is 7.59. The lowest BCUT2D eigenvalue weighted by Gasteiger charge is -2.18. The van der Waals surface area contributed by atoms with Crippen LogP contribution in [-0.2, 0) is 6.42 Å². The molecular formula is C20H23N5O2. The normalized spacial score (nSPS) is 16.8. The van der Waals surface area contributed by atoms with E-state index in [9.17, 15) is 4.79 Å². The van der Waals surface area contributed by atoms with Crippen molar-refractivity contribution in [3.8, 4) is 5.88 Å². The van der Waals surface area contributed by atoms with E-state index in [0.717, 1.165) is 36.3 Å². The molecule has 27 heavy (non-hydrogen) atoms. The molecule has 0 aliphatic carbocycles. The van der Waals surface area contributed by atoms with E-state index in [0.29, 0.717) is 24.5 Å². The fourth-order valence-electron chi connectivity index (χ4n) is 3.71. The average molecular weight is 365 g/mol. The van der Waals surface area contributed by atoms with Gasteiger partial charge in [-0.15, -0.1) is 0 Å². The molecule has 1 aliphatic heterocycles. The zero-order valence-electron chi connectivity index (χ0n) is 15.6. The third-order valence-electron chi connectivity index (χ3n) is 5.00. The van der Waals surface area contributed by atoms with E-state index in [1.807, 2.05) is 17.0 Å². The molecule has 4 rings (SSSR count). The van der Waals surface area contributed by atoms with Crippen LogP contribution in [0.2, 0.25) is 0 Å². The molecule has 0 N–H and O–H groups in total. The van der Waals surface area contributed by atoms with E-state index < -0.39 is 0 Å². The second-order valence-electron chi connectivity index (χ2n) is 6.78. The first-order valence-corrected chi connectivity index (χ1v) is 9.32. The quantitative estimate of drug-likeness (QED) is 0.695. The number of fused-ring (bicyclic) bond motifs is 1. The molecule has 3 aromatic heterocycles. The van der Waals surface area contributed by atoms with Crippen molar-refractivity contribution < 1.29 is 9.53 Å². The minimum absolute atomic E-state index is 0.00192. The van der Waals surface area contributed by atoms with Crippen molar-refractivity contribution in [3.63, 3.8) is 0 Å². The molecule has 1 fully saturated rings. The SMILES string of the molecule is CCCc1nc2cccnc2n1[C@H]1CCN(C(=O)c2ccc(OC)nc2)C1. The summed E-state index contributed by atoms with van der Waals surface area (Å²) in [6.07, 6.45) is 6.20. The van der Waals surface area contributed by atoms with Crippen LogP contribution in [0, 0.1) is 0 Å². The summed E-state index contributed by atoms with van der Waals surface area (Å²) in [7, 11) is 1.56. The first kappa shape index (κ1) is 17.5. The van der Waals surface area contributed by atoms with Crippen molar-refractivity contribution in [2.24, 2.45) is 0 Å². The predicted molar refractivity (Wildman–Crippen MR) is 102 cm³/mol. The van der Waals surface area contributed by atoms with E-state index in [-0.39, 0.29) is 11.9 Å². The van der Waals surface area contributed by atoms with Crippen molar-refractivity contribution in [3.05, 3.63) is 48.0 Å². The molecule has 140 valence electrons. The second-order valence-corrected chi connectivity index (χ2v) is 6.78. The maximum atomic E-state index is 12.8. The third kappa shape index (κ3) is 3.25. The number of aryl methyl sites for hydroxylation is 1. The van der Waals surface area contributed by atoms with Gasteiger partial charge in [-0.25, -0.2) is 15.0 Å². The number of carbonyl (C=O) groups is 1. The van der Waals surface area contributed by atoms with E-state index in [1.165, 1.54) is 0 Å². The Morgan fingerprint density at radius 2 is 2.19 bits per heavy atom. The number of aromatic nitrogens is 4. The number of likely N-dealkylation sites (tertiary alicyclic amines) is 1. The Kier molecular flexibility index (Phi) is 4.75. The molecular weight excluding hydrogens is 342 g/mol. The minimum atomic E-state index is 0.00192. The number of hydrogen-bond donors (Lipinski definition) is 0. The lowest BCUT2D eigenvalue weighted by Crippen LogP contribution is -2.29. The van der Waals surface area contributed by atoms with E-state index in [4.69, 9.17) is 9.72 Å². The van der Waals surface area contributed by atoms with Crippen molar-refractivity contribution in [2.75, 3.05) is 20.2 Å². The van der Waals surface area contributed by atoms with Gasteiger partial charge in [0.25, 0.3) is 5.91 Å². The van der Waals surface area contributed by atoms with Gasteiger partial charge in [-0.1, -0.05) is 6.92 Å². The highest BCUT2D eigenvalue weighted by Gasteiger charge is 2.30. The summed E-state index contributed by atoms with van der Waals surface area (Å²) in [6.45, 7) is 3.52. The number of methoxy groups -OCH3 is 1. The third-order valence-corrected chi connectivity index (χ3v) is 5.00. The Balaban J connectivity index is 1.58. The van der Waals surface area contributed by atoms with Crippen LogP contribution < -0.4 is 4.74 Å².